The standard InChI is InChI=1S/C15H13ClF/c1-10(2)15-13(4-3-5-14(15)17)11-6-8-12(16)9-7-11/h3,5-10H,1-2H3. The van der Waals surface area contributed by atoms with Crippen LogP contribution >= 0.6 is 11.6 Å². The lowest BCUT2D eigenvalue weighted by Crippen LogP contribution is -1.97. The van der Waals surface area contributed by atoms with Crippen LogP contribution in [0.1, 0.15) is 25.3 Å². The van der Waals surface area contributed by atoms with Crippen LogP contribution in [-0.4, -0.2) is 0 Å². The Morgan fingerprint density at radius 3 is 2.35 bits per heavy atom. The van der Waals surface area contributed by atoms with Crippen LogP contribution in [0.3, 0.4) is 0 Å². The lowest BCUT2D eigenvalue weighted by atomic mass is 9.92. The topological polar surface area (TPSA) is 0 Å². The molecule has 0 N–H and O–H groups in total. The van der Waals surface area contributed by atoms with E-state index >= 15 is 0 Å². The molecule has 0 amide bonds. The highest BCUT2D eigenvalue weighted by molar-refractivity contribution is 6.30. The van der Waals surface area contributed by atoms with Gasteiger partial charge in [-0.05, 0) is 46.9 Å². The Bertz CT molecular complexity index is 515. The van der Waals surface area contributed by atoms with E-state index in [-0.39, 0.29) is 11.7 Å². The molecule has 2 heteroatoms. The molecule has 0 saturated heterocycles. The fraction of sp³-hybridized carbons (Fsp3) is 0.200. The Hall–Kier alpha value is -1.34. The molecule has 0 aliphatic carbocycles. The molecule has 17 heavy (non-hydrogen) atoms. The first-order valence-electron chi connectivity index (χ1n) is 5.55. The third kappa shape index (κ3) is 2.50. The highest BCUT2D eigenvalue weighted by atomic mass is 35.5. The third-order valence-electron chi connectivity index (χ3n) is 2.69. The predicted molar refractivity (Wildman–Crippen MR) is 69.8 cm³/mol. The van der Waals surface area contributed by atoms with Gasteiger partial charge in [-0.1, -0.05) is 43.6 Å². The maximum Gasteiger partial charge on any atom is 0.127 e. The average Bonchev–Trinajstić information content (AvgIpc) is 2.29. The van der Waals surface area contributed by atoms with Gasteiger partial charge < -0.3 is 0 Å². The zero-order valence-electron chi connectivity index (χ0n) is 9.80. The molecular weight excluding hydrogens is 235 g/mol. The van der Waals surface area contributed by atoms with E-state index in [1.54, 1.807) is 18.2 Å². The average molecular weight is 248 g/mol. The minimum Gasteiger partial charge on any atom is -0.207 e. The highest BCUT2D eigenvalue weighted by Gasteiger charge is 2.13. The Morgan fingerprint density at radius 2 is 1.76 bits per heavy atom. The fourth-order valence-electron chi connectivity index (χ4n) is 1.90. The summed E-state index contributed by atoms with van der Waals surface area (Å²) in [7, 11) is 0. The van der Waals surface area contributed by atoms with Crippen LogP contribution < -0.4 is 0 Å². The van der Waals surface area contributed by atoms with E-state index in [9.17, 15) is 4.39 Å². The molecule has 87 valence electrons. The molecule has 0 atom stereocenters. The molecular formula is C15H13ClF. The second-order valence-corrected chi connectivity index (χ2v) is 4.71. The normalized spacial score (nSPS) is 10.9. The summed E-state index contributed by atoms with van der Waals surface area (Å²) in [5.74, 6) is -0.0539. The van der Waals surface area contributed by atoms with Gasteiger partial charge in [-0.2, -0.15) is 0 Å². The summed E-state index contributed by atoms with van der Waals surface area (Å²) in [5.41, 5.74) is 2.46. The van der Waals surface area contributed by atoms with Crippen molar-refractivity contribution >= 4 is 11.6 Å². The van der Waals surface area contributed by atoms with Crippen molar-refractivity contribution in [3.63, 3.8) is 0 Å². The second kappa shape index (κ2) is 4.89. The summed E-state index contributed by atoms with van der Waals surface area (Å²) in [6, 6.07) is 13.6. The maximum atomic E-state index is 13.8. The minimum atomic E-state index is -0.177. The molecule has 0 aliphatic heterocycles. The Labute approximate surface area is 106 Å². The van der Waals surface area contributed by atoms with Gasteiger partial charge in [0.05, 0.1) is 0 Å². The molecule has 0 fully saturated rings. The first-order chi connectivity index (χ1) is 8.09. The number of halogens is 2. The summed E-state index contributed by atoms with van der Waals surface area (Å²) in [6.07, 6.45) is 0. The van der Waals surface area contributed by atoms with Gasteiger partial charge in [0.15, 0.2) is 0 Å². The van der Waals surface area contributed by atoms with Gasteiger partial charge in [-0.3, -0.25) is 0 Å². The third-order valence-corrected chi connectivity index (χ3v) is 2.95. The van der Waals surface area contributed by atoms with Crippen molar-refractivity contribution in [2.45, 2.75) is 19.8 Å². The monoisotopic (exact) mass is 247 g/mol. The minimum absolute atomic E-state index is 0.123. The van der Waals surface area contributed by atoms with Crippen molar-refractivity contribution in [1.82, 2.24) is 0 Å². The Kier molecular flexibility index (Phi) is 3.49. The summed E-state index contributed by atoms with van der Waals surface area (Å²) in [6.45, 7) is 3.96. The van der Waals surface area contributed by atoms with E-state index < -0.39 is 0 Å². The van der Waals surface area contributed by atoms with E-state index in [1.807, 2.05) is 26.0 Å². The molecule has 0 aromatic heterocycles. The first-order valence-corrected chi connectivity index (χ1v) is 5.93. The van der Waals surface area contributed by atoms with Crippen molar-refractivity contribution in [2.24, 2.45) is 0 Å². The van der Waals surface area contributed by atoms with Crippen LogP contribution in [0, 0.1) is 11.9 Å². The molecule has 0 unspecified atom stereocenters. The Morgan fingerprint density at radius 1 is 1.12 bits per heavy atom. The van der Waals surface area contributed by atoms with E-state index in [2.05, 4.69) is 6.07 Å². The van der Waals surface area contributed by atoms with Gasteiger partial charge in [0, 0.05) is 5.02 Å². The largest absolute Gasteiger partial charge is 0.207 e. The first kappa shape index (κ1) is 12.1. The molecule has 0 aliphatic rings. The molecule has 2 aromatic rings. The quantitative estimate of drug-likeness (QED) is 0.695. The maximum absolute atomic E-state index is 13.8. The summed E-state index contributed by atoms with van der Waals surface area (Å²) < 4.78 is 13.8. The van der Waals surface area contributed by atoms with Crippen LogP contribution in [0.25, 0.3) is 11.1 Å². The predicted octanol–water partition coefficient (Wildman–Crippen LogP) is 5.07. The van der Waals surface area contributed by atoms with E-state index in [0.717, 1.165) is 11.1 Å². The summed E-state index contributed by atoms with van der Waals surface area (Å²) in [4.78, 5) is 0. The number of hydrogen-bond donors (Lipinski definition) is 0. The molecule has 0 spiro atoms. The lowest BCUT2D eigenvalue weighted by molar-refractivity contribution is 0.599. The molecule has 0 bridgehead atoms. The van der Waals surface area contributed by atoms with Gasteiger partial charge in [0.1, 0.15) is 5.82 Å². The van der Waals surface area contributed by atoms with Crippen molar-refractivity contribution < 1.29 is 4.39 Å². The molecule has 1 radical (unpaired) electrons. The van der Waals surface area contributed by atoms with Crippen LogP contribution in [-0.2, 0) is 0 Å². The fourth-order valence-corrected chi connectivity index (χ4v) is 2.03. The molecule has 2 aromatic carbocycles. The number of rotatable bonds is 2. The van der Waals surface area contributed by atoms with Crippen molar-refractivity contribution in [3.8, 4) is 11.1 Å². The summed E-state index contributed by atoms with van der Waals surface area (Å²) in [5, 5.41) is 0.677. The SMILES string of the molecule is CC(C)c1c(-c2ccc(Cl)cc2)[c]ccc1F. The van der Waals surface area contributed by atoms with E-state index in [4.69, 9.17) is 11.6 Å². The van der Waals surface area contributed by atoms with Crippen molar-refractivity contribution in [2.75, 3.05) is 0 Å². The van der Waals surface area contributed by atoms with E-state index in [0.29, 0.717) is 10.6 Å². The molecule has 0 heterocycles. The van der Waals surface area contributed by atoms with Gasteiger partial charge in [0.25, 0.3) is 0 Å². The van der Waals surface area contributed by atoms with E-state index in [1.165, 1.54) is 6.07 Å². The molecule has 2 rings (SSSR count). The highest BCUT2D eigenvalue weighted by Crippen LogP contribution is 2.31. The van der Waals surface area contributed by atoms with Gasteiger partial charge in [-0.25, -0.2) is 4.39 Å². The number of benzene rings is 2. The zero-order valence-corrected chi connectivity index (χ0v) is 10.6. The van der Waals surface area contributed by atoms with Crippen LogP contribution in [0.5, 0.6) is 0 Å². The van der Waals surface area contributed by atoms with Crippen LogP contribution in [0.2, 0.25) is 5.02 Å². The van der Waals surface area contributed by atoms with Crippen LogP contribution in [0.4, 0.5) is 4.39 Å². The van der Waals surface area contributed by atoms with Crippen molar-refractivity contribution in [1.29, 1.82) is 0 Å². The summed E-state index contributed by atoms with van der Waals surface area (Å²) >= 11 is 5.85. The molecule has 0 saturated carbocycles. The van der Waals surface area contributed by atoms with Gasteiger partial charge >= 0.3 is 0 Å². The van der Waals surface area contributed by atoms with Crippen molar-refractivity contribution in [3.05, 3.63) is 58.9 Å². The Balaban J connectivity index is 2.59. The zero-order chi connectivity index (χ0) is 12.4. The van der Waals surface area contributed by atoms with Crippen LogP contribution in [0.15, 0.2) is 36.4 Å². The second-order valence-electron chi connectivity index (χ2n) is 4.28. The lowest BCUT2D eigenvalue weighted by Gasteiger charge is -2.13. The molecule has 0 nitrogen and oxygen atoms in total. The smallest absolute Gasteiger partial charge is 0.127 e. The number of hydrogen-bond acceptors (Lipinski definition) is 0. The van der Waals surface area contributed by atoms with Gasteiger partial charge in [-0.15, -0.1) is 0 Å². The van der Waals surface area contributed by atoms with Gasteiger partial charge in [0.2, 0.25) is 0 Å².